The summed E-state index contributed by atoms with van der Waals surface area (Å²) in [6, 6.07) is 9.36. The Morgan fingerprint density at radius 2 is 1.95 bits per heavy atom. The van der Waals surface area contributed by atoms with Gasteiger partial charge in [-0.15, -0.1) is 22.7 Å². The molecule has 0 aliphatic heterocycles. The zero-order valence-electron chi connectivity index (χ0n) is 10.7. The zero-order valence-corrected chi connectivity index (χ0v) is 13.1. The highest BCUT2D eigenvalue weighted by atomic mass is 35.5. The van der Waals surface area contributed by atoms with E-state index in [1.54, 1.807) is 22.8 Å². The molecule has 2 aromatic heterocycles. The first-order valence-electron chi connectivity index (χ1n) is 6.13. The van der Waals surface area contributed by atoms with Gasteiger partial charge >= 0.3 is 5.97 Å². The van der Waals surface area contributed by atoms with Crippen molar-refractivity contribution in [3.8, 4) is 10.6 Å². The number of thiophene rings is 1. The second-order valence-corrected chi connectivity index (χ2v) is 6.72. The Bertz CT molecular complexity index is 777. The van der Waals surface area contributed by atoms with Gasteiger partial charge in [0.2, 0.25) is 0 Å². The summed E-state index contributed by atoms with van der Waals surface area (Å²) in [4.78, 5) is 16.4. The molecule has 3 nitrogen and oxygen atoms in total. The molecular formula is C15H10ClNO2S2. The van der Waals surface area contributed by atoms with Crippen LogP contribution >= 0.6 is 34.3 Å². The first-order chi connectivity index (χ1) is 10.1. The average Bonchev–Trinajstić information content (AvgIpc) is 3.10. The van der Waals surface area contributed by atoms with E-state index in [0.717, 1.165) is 32.6 Å². The van der Waals surface area contributed by atoms with Crippen LogP contribution in [0.25, 0.3) is 10.6 Å². The van der Waals surface area contributed by atoms with Crippen molar-refractivity contribution in [1.29, 1.82) is 0 Å². The number of hydrogen-bond acceptors (Lipinski definition) is 4. The summed E-state index contributed by atoms with van der Waals surface area (Å²) in [5.74, 6) is -0.908. The fourth-order valence-electron chi connectivity index (χ4n) is 1.86. The second kappa shape index (κ2) is 5.97. The minimum atomic E-state index is -0.908. The van der Waals surface area contributed by atoms with Crippen LogP contribution in [0.5, 0.6) is 0 Å². The smallest absolute Gasteiger partial charge is 0.336 e. The van der Waals surface area contributed by atoms with Gasteiger partial charge in [-0.05, 0) is 23.8 Å². The van der Waals surface area contributed by atoms with Crippen LogP contribution in [0.1, 0.15) is 20.9 Å². The molecule has 0 aliphatic carbocycles. The lowest BCUT2D eigenvalue weighted by molar-refractivity contribution is 0.0697. The number of carbonyl (C=O) groups is 1. The van der Waals surface area contributed by atoms with E-state index in [1.807, 2.05) is 29.6 Å². The van der Waals surface area contributed by atoms with E-state index in [9.17, 15) is 4.79 Å². The highest BCUT2D eigenvalue weighted by molar-refractivity contribution is 7.14. The van der Waals surface area contributed by atoms with Crippen LogP contribution in [0.4, 0.5) is 0 Å². The van der Waals surface area contributed by atoms with Crippen LogP contribution in [0, 0.1) is 0 Å². The van der Waals surface area contributed by atoms with E-state index in [4.69, 9.17) is 16.7 Å². The highest BCUT2D eigenvalue weighted by Gasteiger charge is 2.11. The summed E-state index contributed by atoms with van der Waals surface area (Å²) in [7, 11) is 0. The molecule has 0 unspecified atom stereocenters. The fraction of sp³-hybridized carbons (Fsp3) is 0.0667. The maximum Gasteiger partial charge on any atom is 0.336 e. The van der Waals surface area contributed by atoms with Gasteiger partial charge in [0, 0.05) is 22.2 Å². The van der Waals surface area contributed by atoms with Crippen molar-refractivity contribution >= 4 is 40.2 Å². The lowest BCUT2D eigenvalue weighted by atomic mass is 10.2. The Hall–Kier alpha value is -1.69. The van der Waals surface area contributed by atoms with E-state index < -0.39 is 5.97 Å². The Kier molecular flexibility index (Phi) is 4.05. The molecule has 0 saturated carbocycles. The number of thiazole rings is 1. The third-order valence-corrected chi connectivity index (χ3v) is 4.97. The van der Waals surface area contributed by atoms with E-state index in [0.29, 0.717) is 5.56 Å². The summed E-state index contributed by atoms with van der Waals surface area (Å²) in [6.45, 7) is 0. The Labute approximate surface area is 134 Å². The van der Waals surface area contributed by atoms with Crippen LogP contribution in [-0.4, -0.2) is 16.1 Å². The van der Waals surface area contributed by atoms with Crippen LogP contribution in [-0.2, 0) is 6.42 Å². The van der Waals surface area contributed by atoms with Crippen LogP contribution in [0.2, 0.25) is 5.02 Å². The normalized spacial score (nSPS) is 10.7. The first kappa shape index (κ1) is 14.3. The number of benzene rings is 1. The van der Waals surface area contributed by atoms with Gasteiger partial charge in [-0.25, -0.2) is 9.78 Å². The molecule has 2 heterocycles. The van der Waals surface area contributed by atoms with Crippen molar-refractivity contribution in [3.05, 3.63) is 62.2 Å². The molecule has 1 N–H and O–H groups in total. The minimum Gasteiger partial charge on any atom is -0.478 e. The second-order valence-electron chi connectivity index (χ2n) is 4.43. The molecule has 3 aromatic rings. The number of rotatable bonds is 4. The van der Waals surface area contributed by atoms with Crippen molar-refractivity contribution in [2.24, 2.45) is 0 Å². The van der Waals surface area contributed by atoms with Gasteiger partial charge in [0.25, 0.3) is 0 Å². The van der Waals surface area contributed by atoms with Gasteiger partial charge in [-0.3, -0.25) is 0 Å². The van der Waals surface area contributed by atoms with Crippen molar-refractivity contribution in [2.75, 3.05) is 0 Å². The van der Waals surface area contributed by atoms with Crippen LogP contribution in [0.15, 0.2) is 41.1 Å². The third kappa shape index (κ3) is 3.32. The molecule has 0 spiro atoms. The van der Waals surface area contributed by atoms with Gasteiger partial charge in [0.05, 0.1) is 21.1 Å². The largest absolute Gasteiger partial charge is 0.478 e. The number of aromatic nitrogens is 1. The molecule has 1 aromatic carbocycles. The number of carboxylic acid groups (broad SMARTS) is 1. The van der Waals surface area contributed by atoms with Crippen molar-refractivity contribution < 1.29 is 9.90 Å². The zero-order chi connectivity index (χ0) is 14.8. The number of nitrogens with zero attached hydrogens (tertiary/aromatic N) is 1. The number of aromatic carboxylic acids is 1. The van der Waals surface area contributed by atoms with Crippen LogP contribution in [0.3, 0.4) is 0 Å². The molecular weight excluding hydrogens is 326 g/mol. The first-order valence-corrected chi connectivity index (χ1v) is 8.26. The summed E-state index contributed by atoms with van der Waals surface area (Å²) in [5.41, 5.74) is 2.29. The molecule has 6 heteroatoms. The number of halogens is 1. The van der Waals surface area contributed by atoms with E-state index in [1.165, 1.54) is 11.3 Å². The van der Waals surface area contributed by atoms with Crippen molar-refractivity contribution in [3.63, 3.8) is 0 Å². The maximum atomic E-state index is 10.9. The predicted octanol–water partition coefficient (Wildman–Crippen LogP) is 4.81. The number of carboxylic acids is 1. The Morgan fingerprint density at radius 3 is 2.62 bits per heavy atom. The van der Waals surface area contributed by atoms with Gasteiger partial charge in [-0.1, -0.05) is 23.7 Å². The summed E-state index contributed by atoms with van der Waals surface area (Å²) < 4.78 is 0. The van der Waals surface area contributed by atoms with Crippen LogP contribution < -0.4 is 0 Å². The van der Waals surface area contributed by atoms with E-state index >= 15 is 0 Å². The topological polar surface area (TPSA) is 50.2 Å². The van der Waals surface area contributed by atoms with Gasteiger partial charge in [-0.2, -0.15) is 0 Å². The summed E-state index contributed by atoms with van der Waals surface area (Å²) in [6.07, 6.45) is 0.749. The number of hydrogen-bond donors (Lipinski definition) is 1. The summed E-state index contributed by atoms with van der Waals surface area (Å²) in [5, 5.41) is 14.3. The van der Waals surface area contributed by atoms with Gasteiger partial charge in [0.15, 0.2) is 0 Å². The Morgan fingerprint density at radius 1 is 1.19 bits per heavy atom. The third-order valence-electron chi connectivity index (χ3n) is 2.92. The standard InChI is InChI=1S/C15H10ClNO2S2/c16-11-3-1-9(2-4-11)5-14-17-12(8-21-14)13-6-10(7-20-13)15(18)19/h1-4,6-8H,5H2,(H,18,19). The molecule has 0 atom stereocenters. The molecule has 0 fully saturated rings. The lowest BCUT2D eigenvalue weighted by Gasteiger charge is -1.97. The monoisotopic (exact) mass is 335 g/mol. The molecule has 3 rings (SSSR count). The SMILES string of the molecule is O=C(O)c1csc(-c2csc(Cc3ccc(Cl)cc3)n2)c1. The lowest BCUT2D eigenvalue weighted by Crippen LogP contribution is -1.91. The summed E-state index contributed by atoms with van der Waals surface area (Å²) >= 11 is 8.84. The molecule has 0 saturated heterocycles. The van der Waals surface area contributed by atoms with E-state index in [2.05, 4.69) is 4.98 Å². The predicted molar refractivity (Wildman–Crippen MR) is 86.6 cm³/mol. The fourth-order valence-corrected chi connectivity index (χ4v) is 3.74. The molecule has 0 bridgehead atoms. The minimum absolute atomic E-state index is 0.308. The average molecular weight is 336 g/mol. The van der Waals surface area contributed by atoms with Crippen molar-refractivity contribution in [1.82, 2.24) is 4.98 Å². The van der Waals surface area contributed by atoms with Crippen molar-refractivity contribution in [2.45, 2.75) is 6.42 Å². The molecule has 0 amide bonds. The van der Waals surface area contributed by atoms with Gasteiger partial charge < -0.3 is 5.11 Å². The Balaban J connectivity index is 1.79. The van der Waals surface area contributed by atoms with Gasteiger partial charge in [0.1, 0.15) is 0 Å². The molecule has 106 valence electrons. The maximum absolute atomic E-state index is 10.9. The highest BCUT2D eigenvalue weighted by Crippen LogP contribution is 2.29. The molecule has 0 radical (unpaired) electrons. The molecule has 0 aliphatic rings. The van der Waals surface area contributed by atoms with E-state index in [-0.39, 0.29) is 0 Å². The molecule has 21 heavy (non-hydrogen) atoms. The quantitative estimate of drug-likeness (QED) is 0.744.